The van der Waals surface area contributed by atoms with E-state index in [-0.39, 0.29) is 24.0 Å². The van der Waals surface area contributed by atoms with Crippen LogP contribution >= 0.6 is 0 Å². The first kappa shape index (κ1) is 21.3. The van der Waals surface area contributed by atoms with Gasteiger partial charge in [-0.1, -0.05) is 18.2 Å². The number of carbonyl (C=O) groups is 1. The molecular weight excluding hydrogens is 394 g/mol. The highest BCUT2D eigenvalue weighted by molar-refractivity contribution is 7.89. The van der Waals surface area contributed by atoms with Gasteiger partial charge in [-0.3, -0.25) is 0 Å². The van der Waals surface area contributed by atoms with Crippen LogP contribution in [0.15, 0.2) is 35.4 Å². The molecule has 1 fully saturated rings. The van der Waals surface area contributed by atoms with E-state index < -0.39 is 27.8 Å². The minimum Gasteiger partial charge on any atom is -0.493 e. The number of rotatable bonds is 2. The summed E-state index contributed by atoms with van der Waals surface area (Å²) in [4.78, 5) is 17.9. The zero-order valence-corrected chi connectivity index (χ0v) is 17.9. The number of nitrogens with zero attached hydrogens (tertiary/aromatic N) is 3. The summed E-state index contributed by atoms with van der Waals surface area (Å²) in [7, 11) is -3.95. The number of aromatic hydroxyl groups is 1. The molecule has 1 unspecified atom stereocenters. The summed E-state index contributed by atoms with van der Waals surface area (Å²) in [5.41, 5.74) is -0.620. The Morgan fingerprint density at radius 3 is 2.62 bits per heavy atom. The van der Waals surface area contributed by atoms with Gasteiger partial charge in [-0.25, -0.2) is 13.2 Å². The second kappa shape index (κ2) is 7.79. The Kier molecular flexibility index (Phi) is 5.73. The van der Waals surface area contributed by atoms with Gasteiger partial charge in [0, 0.05) is 31.1 Å². The highest BCUT2D eigenvalue weighted by Gasteiger charge is 2.35. The zero-order valence-electron chi connectivity index (χ0n) is 17.1. The molecule has 1 N–H and O–H groups in total. The SMILES string of the molecule is CC1CN(C(=O)OC(C)(C)C)CCCN1S(=O)(=O)c1cc2ccccc2c(O)n1. The van der Waals surface area contributed by atoms with Crippen LogP contribution in [0.2, 0.25) is 0 Å². The molecule has 0 spiro atoms. The van der Waals surface area contributed by atoms with Gasteiger partial charge in [0.1, 0.15) is 5.60 Å². The van der Waals surface area contributed by atoms with Crippen LogP contribution in [-0.2, 0) is 14.8 Å². The normalized spacial score (nSPS) is 19.2. The lowest BCUT2D eigenvalue weighted by Gasteiger charge is -2.29. The standard InChI is InChI=1S/C20H27N3O5S/c1-14-13-22(19(25)28-20(2,3)4)10-7-11-23(14)29(26,27)17-12-15-8-5-6-9-16(15)18(24)21-17/h5-6,8-9,12,14H,7,10-11,13H2,1-4H3,(H,21,24). The van der Waals surface area contributed by atoms with E-state index in [9.17, 15) is 18.3 Å². The maximum absolute atomic E-state index is 13.3. The molecule has 158 valence electrons. The third-order valence-electron chi connectivity index (χ3n) is 4.70. The first-order valence-electron chi connectivity index (χ1n) is 9.57. The molecule has 1 atom stereocenters. The van der Waals surface area contributed by atoms with Crippen LogP contribution < -0.4 is 0 Å². The molecule has 2 aromatic rings. The molecule has 1 amide bonds. The van der Waals surface area contributed by atoms with Crippen molar-refractivity contribution in [2.24, 2.45) is 0 Å². The number of hydrogen-bond acceptors (Lipinski definition) is 6. The Labute approximate surface area is 171 Å². The Balaban J connectivity index is 1.87. The summed E-state index contributed by atoms with van der Waals surface area (Å²) in [6, 6.07) is 7.93. The Bertz CT molecular complexity index is 1020. The average molecular weight is 422 g/mol. The Morgan fingerprint density at radius 2 is 1.93 bits per heavy atom. The number of carbonyl (C=O) groups excluding carboxylic acids is 1. The Morgan fingerprint density at radius 1 is 1.24 bits per heavy atom. The summed E-state index contributed by atoms with van der Waals surface area (Å²) < 4.78 is 33.3. The van der Waals surface area contributed by atoms with Gasteiger partial charge in [0.25, 0.3) is 10.0 Å². The lowest BCUT2D eigenvalue weighted by atomic mass is 10.2. The predicted octanol–water partition coefficient (Wildman–Crippen LogP) is 2.96. The molecule has 1 saturated heterocycles. The Hall–Kier alpha value is -2.39. The molecular formula is C20H27N3O5S. The lowest BCUT2D eigenvalue weighted by molar-refractivity contribution is 0.0244. The minimum atomic E-state index is -3.95. The quantitative estimate of drug-likeness (QED) is 0.800. The number of ether oxygens (including phenoxy) is 1. The van der Waals surface area contributed by atoms with Crippen LogP contribution in [0.25, 0.3) is 10.8 Å². The van der Waals surface area contributed by atoms with Crippen molar-refractivity contribution in [2.45, 2.75) is 50.8 Å². The second-order valence-corrected chi connectivity index (χ2v) is 10.1. The molecule has 1 aromatic heterocycles. The van der Waals surface area contributed by atoms with Crippen molar-refractivity contribution in [2.75, 3.05) is 19.6 Å². The van der Waals surface area contributed by atoms with Crippen molar-refractivity contribution in [3.8, 4) is 5.88 Å². The summed E-state index contributed by atoms with van der Waals surface area (Å²) in [5.74, 6) is -0.320. The van der Waals surface area contributed by atoms with Gasteiger partial charge in [-0.05, 0) is 51.6 Å². The molecule has 1 aliphatic heterocycles. The summed E-state index contributed by atoms with van der Waals surface area (Å²) in [6.07, 6.45) is 0.0209. The largest absolute Gasteiger partial charge is 0.493 e. The molecule has 3 rings (SSSR count). The van der Waals surface area contributed by atoms with Crippen LogP contribution in [0, 0.1) is 0 Å². The number of aromatic nitrogens is 1. The topological polar surface area (TPSA) is 100 Å². The number of hydrogen-bond donors (Lipinski definition) is 1. The van der Waals surface area contributed by atoms with Gasteiger partial charge in [0.15, 0.2) is 5.03 Å². The predicted molar refractivity (Wildman–Crippen MR) is 109 cm³/mol. The maximum atomic E-state index is 13.3. The molecule has 0 bridgehead atoms. The van der Waals surface area contributed by atoms with E-state index in [1.165, 1.54) is 15.3 Å². The highest BCUT2D eigenvalue weighted by atomic mass is 32.2. The summed E-state index contributed by atoms with van der Waals surface area (Å²) in [5, 5.41) is 11.1. The van der Waals surface area contributed by atoms with Crippen LogP contribution in [0.5, 0.6) is 5.88 Å². The minimum absolute atomic E-state index is 0.203. The number of pyridine rings is 1. The first-order chi connectivity index (χ1) is 13.5. The molecule has 0 radical (unpaired) electrons. The van der Waals surface area contributed by atoms with Gasteiger partial charge < -0.3 is 14.7 Å². The van der Waals surface area contributed by atoms with E-state index in [0.717, 1.165) is 0 Å². The van der Waals surface area contributed by atoms with E-state index in [1.54, 1.807) is 52.0 Å². The molecule has 0 aliphatic carbocycles. The number of fused-ring (bicyclic) bond motifs is 1. The van der Waals surface area contributed by atoms with Gasteiger partial charge >= 0.3 is 6.09 Å². The molecule has 2 heterocycles. The van der Waals surface area contributed by atoms with E-state index in [4.69, 9.17) is 4.74 Å². The third-order valence-corrected chi connectivity index (χ3v) is 6.60. The van der Waals surface area contributed by atoms with Gasteiger partial charge in [-0.2, -0.15) is 9.29 Å². The molecule has 29 heavy (non-hydrogen) atoms. The lowest BCUT2D eigenvalue weighted by Crippen LogP contribution is -2.45. The van der Waals surface area contributed by atoms with E-state index >= 15 is 0 Å². The van der Waals surface area contributed by atoms with Crippen molar-refractivity contribution < 1.29 is 23.1 Å². The van der Waals surface area contributed by atoms with E-state index in [1.807, 2.05) is 0 Å². The fourth-order valence-electron chi connectivity index (χ4n) is 3.40. The zero-order chi connectivity index (χ0) is 21.4. The van der Waals surface area contributed by atoms with Crippen molar-refractivity contribution in [1.29, 1.82) is 0 Å². The smallest absolute Gasteiger partial charge is 0.410 e. The summed E-state index contributed by atoms with van der Waals surface area (Å²) in [6.45, 7) is 8.00. The number of amides is 1. The number of benzene rings is 1. The molecule has 9 heteroatoms. The van der Waals surface area contributed by atoms with Crippen molar-refractivity contribution in [3.05, 3.63) is 30.3 Å². The second-order valence-electron chi connectivity index (χ2n) is 8.25. The van der Waals surface area contributed by atoms with Crippen molar-refractivity contribution in [1.82, 2.24) is 14.2 Å². The highest BCUT2D eigenvalue weighted by Crippen LogP contribution is 2.28. The molecule has 1 aliphatic rings. The summed E-state index contributed by atoms with van der Waals surface area (Å²) >= 11 is 0. The van der Waals surface area contributed by atoms with E-state index in [0.29, 0.717) is 23.7 Å². The first-order valence-corrected chi connectivity index (χ1v) is 11.0. The van der Waals surface area contributed by atoms with Crippen LogP contribution in [0.1, 0.15) is 34.1 Å². The average Bonchev–Trinajstić information content (AvgIpc) is 2.82. The monoisotopic (exact) mass is 421 g/mol. The number of sulfonamides is 1. The van der Waals surface area contributed by atoms with E-state index in [2.05, 4.69) is 4.98 Å². The van der Waals surface area contributed by atoms with Crippen LogP contribution in [0.4, 0.5) is 4.79 Å². The van der Waals surface area contributed by atoms with Crippen molar-refractivity contribution >= 4 is 26.9 Å². The molecule has 0 saturated carbocycles. The fourth-order valence-corrected chi connectivity index (χ4v) is 5.03. The van der Waals surface area contributed by atoms with Crippen LogP contribution in [-0.4, -0.2) is 65.1 Å². The van der Waals surface area contributed by atoms with Gasteiger partial charge in [-0.15, -0.1) is 0 Å². The maximum Gasteiger partial charge on any atom is 0.410 e. The van der Waals surface area contributed by atoms with Gasteiger partial charge in [0.05, 0.1) is 0 Å². The molecule has 1 aromatic carbocycles. The third kappa shape index (κ3) is 4.62. The fraction of sp³-hybridized carbons (Fsp3) is 0.500. The molecule has 8 nitrogen and oxygen atoms in total. The van der Waals surface area contributed by atoms with Crippen LogP contribution in [0.3, 0.4) is 0 Å². The van der Waals surface area contributed by atoms with Gasteiger partial charge in [0.2, 0.25) is 5.88 Å². The van der Waals surface area contributed by atoms with Crippen molar-refractivity contribution in [3.63, 3.8) is 0 Å².